The van der Waals surface area contributed by atoms with E-state index in [0.29, 0.717) is 11.8 Å². The zero-order chi connectivity index (χ0) is 25.9. The van der Waals surface area contributed by atoms with Crippen molar-refractivity contribution in [1.82, 2.24) is 25.3 Å². The monoisotopic (exact) mass is 580 g/mol. The Hall–Kier alpha value is -3.07. The van der Waals surface area contributed by atoms with E-state index in [1.165, 1.54) is 11.3 Å². The van der Waals surface area contributed by atoms with Gasteiger partial charge in [-0.05, 0) is 59.9 Å². The fraction of sp³-hybridized carbons (Fsp3) is 0.308. The number of benzene rings is 2. The average molecular weight is 581 g/mol. The maximum atomic E-state index is 5.74. The summed E-state index contributed by atoms with van der Waals surface area (Å²) in [4.78, 5) is 20.7. The van der Waals surface area contributed by atoms with E-state index in [0.717, 1.165) is 64.1 Å². The number of hydrogen-bond donors (Lipinski definition) is 3. The standard InChI is InChI=1S/C26H30BrN8OP/c1-16-13-20(22(36-2)14-21(16)35-11-9-28-10-12-35)33-26-31-15-17(27)25(34-26)32-19-6-5-18-23(24(19)37(3)4)30-8-7-29-18/h5-8,13-15,28H,9-12H2,1-4H3,(H2,31,32,33,34). The predicted molar refractivity (Wildman–Crippen MR) is 157 cm³/mol. The van der Waals surface area contributed by atoms with E-state index in [-0.39, 0.29) is 0 Å². The minimum absolute atomic E-state index is 0.452. The van der Waals surface area contributed by atoms with Gasteiger partial charge in [0, 0.05) is 67.5 Å². The van der Waals surface area contributed by atoms with Gasteiger partial charge in [-0.2, -0.15) is 4.98 Å². The fourth-order valence-corrected chi connectivity index (χ4v) is 6.03. The largest absolute Gasteiger partial charge is 0.494 e. The topological polar surface area (TPSA) is 100 Å². The number of halogens is 1. The lowest BCUT2D eigenvalue weighted by molar-refractivity contribution is 0.416. The summed E-state index contributed by atoms with van der Waals surface area (Å²) in [6.45, 7) is 10.5. The second kappa shape index (κ2) is 11.1. The number of aryl methyl sites for hydroxylation is 1. The zero-order valence-corrected chi connectivity index (χ0v) is 23.8. The molecule has 0 spiro atoms. The molecule has 0 saturated carbocycles. The molecule has 5 rings (SSSR count). The van der Waals surface area contributed by atoms with Crippen LogP contribution in [0.4, 0.5) is 28.8 Å². The van der Waals surface area contributed by atoms with Gasteiger partial charge in [0.1, 0.15) is 11.6 Å². The van der Waals surface area contributed by atoms with Crippen LogP contribution in [0, 0.1) is 6.92 Å². The van der Waals surface area contributed by atoms with Gasteiger partial charge in [0.15, 0.2) is 0 Å². The number of piperazine rings is 1. The van der Waals surface area contributed by atoms with E-state index in [9.17, 15) is 0 Å². The Balaban J connectivity index is 1.45. The lowest BCUT2D eigenvalue weighted by atomic mass is 10.1. The molecule has 4 aromatic rings. The van der Waals surface area contributed by atoms with Crippen molar-refractivity contribution in [3.8, 4) is 5.75 Å². The number of hydrogen-bond acceptors (Lipinski definition) is 9. The third-order valence-electron chi connectivity index (χ3n) is 6.28. The number of ether oxygens (including phenoxy) is 1. The third kappa shape index (κ3) is 5.46. The lowest BCUT2D eigenvalue weighted by Crippen LogP contribution is -2.43. The Morgan fingerprint density at radius 3 is 2.57 bits per heavy atom. The Labute approximate surface area is 226 Å². The first-order valence-corrected chi connectivity index (χ1v) is 15.1. The molecule has 3 heterocycles. The highest BCUT2D eigenvalue weighted by Gasteiger charge is 2.18. The SMILES string of the molecule is COc1cc(N2CCNCC2)c(C)cc1Nc1ncc(Br)c(Nc2ccc3nccnc3c2P(C)C)n1. The van der Waals surface area contributed by atoms with Gasteiger partial charge in [0.25, 0.3) is 0 Å². The van der Waals surface area contributed by atoms with E-state index in [1.807, 2.05) is 12.1 Å². The molecule has 3 N–H and O–H groups in total. The maximum absolute atomic E-state index is 5.74. The Morgan fingerprint density at radius 2 is 1.81 bits per heavy atom. The average Bonchev–Trinajstić information content (AvgIpc) is 2.91. The second-order valence-electron chi connectivity index (χ2n) is 9.00. The third-order valence-corrected chi connectivity index (χ3v) is 8.21. The molecule has 2 aromatic carbocycles. The Kier molecular flexibility index (Phi) is 7.69. The summed E-state index contributed by atoms with van der Waals surface area (Å²) in [5, 5.41) is 11.4. The van der Waals surface area contributed by atoms with Crippen molar-refractivity contribution in [2.75, 3.05) is 62.2 Å². The summed E-state index contributed by atoms with van der Waals surface area (Å²) >= 11 is 3.60. The van der Waals surface area contributed by atoms with Crippen LogP contribution in [-0.4, -0.2) is 66.6 Å². The molecule has 1 saturated heterocycles. The van der Waals surface area contributed by atoms with Crippen molar-refractivity contribution in [2.24, 2.45) is 0 Å². The fourth-order valence-electron chi connectivity index (χ4n) is 4.53. The molecule has 0 radical (unpaired) electrons. The van der Waals surface area contributed by atoms with Gasteiger partial charge in [-0.3, -0.25) is 9.97 Å². The molecule has 0 amide bonds. The van der Waals surface area contributed by atoms with Crippen LogP contribution < -0.4 is 30.9 Å². The van der Waals surface area contributed by atoms with Crippen molar-refractivity contribution in [2.45, 2.75) is 6.92 Å². The van der Waals surface area contributed by atoms with Gasteiger partial charge in [-0.15, -0.1) is 0 Å². The highest BCUT2D eigenvalue weighted by atomic mass is 79.9. The first-order chi connectivity index (χ1) is 17.9. The highest BCUT2D eigenvalue weighted by Crippen LogP contribution is 2.36. The van der Waals surface area contributed by atoms with Crippen molar-refractivity contribution >= 4 is 69.0 Å². The van der Waals surface area contributed by atoms with Crippen LogP contribution in [0.5, 0.6) is 5.75 Å². The smallest absolute Gasteiger partial charge is 0.229 e. The minimum atomic E-state index is -0.452. The number of nitrogens with zero attached hydrogens (tertiary/aromatic N) is 5. The Morgan fingerprint density at radius 1 is 1.03 bits per heavy atom. The van der Waals surface area contributed by atoms with E-state index >= 15 is 0 Å². The molecule has 1 fully saturated rings. The van der Waals surface area contributed by atoms with Crippen molar-refractivity contribution < 1.29 is 4.74 Å². The van der Waals surface area contributed by atoms with Crippen molar-refractivity contribution in [1.29, 1.82) is 0 Å². The van der Waals surface area contributed by atoms with Crippen LogP contribution in [-0.2, 0) is 0 Å². The quantitative estimate of drug-likeness (QED) is 0.267. The molecule has 192 valence electrons. The number of nitrogens with one attached hydrogen (secondary N) is 3. The van der Waals surface area contributed by atoms with Gasteiger partial charge < -0.3 is 25.6 Å². The molecule has 2 aromatic heterocycles. The number of methoxy groups -OCH3 is 1. The first kappa shape index (κ1) is 25.6. The van der Waals surface area contributed by atoms with Crippen LogP contribution in [0.3, 0.4) is 0 Å². The molecular weight excluding hydrogens is 551 g/mol. The maximum Gasteiger partial charge on any atom is 0.229 e. The van der Waals surface area contributed by atoms with Crippen LogP contribution in [0.15, 0.2) is 47.3 Å². The normalized spacial score (nSPS) is 13.7. The minimum Gasteiger partial charge on any atom is -0.494 e. The lowest BCUT2D eigenvalue weighted by Gasteiger charge is -2.31. The van der Waals surface area contributed by atoms with Gasteiger partial charge in [0.2, 0.25) is 5.95 Å². The summed E-state index contributed by atoms with van der Waals surface area (Å²) in [5.41, 5.74) is 5.93. The zero-order valence-electron chi connectivity index (χ0n) is 21.3. The highest BCUT2D eigenvalue weighted by molar-refractivity contribution is 9.10. The molecule has 0 bridgehead atoms. The van der Waals surface area contributed by atoms with E-state index in [2.05, 4.69) is 84.1 Å². The summed E-state index contributed by atoms with van der Waals surface area (Å²) < 4.78 is 6.50. The molecule has 37 heavy (non-hydrogen) atoms. The molecular formula is C26H30BrN8OP. The first-order valence-electron chi connectivity index (χ1n) is 12.1. The van der Waals surface area contributed by atoms with Crippen molar-refractivity contribution in [3.63, 3.8) is 0 Å². The van der Waals surface area contributed by atoms with Gasteiger partial charge in [-0.25, -0.2) is 4.98 Å². The van der Waals surface area contributed by atoms with Crippen LogP contribution in [0.2, 0.25) is 0 Å². The molecule has 0 aliphatic carbocycles. The molecule has 11 heteroatoms. The number of aromatic nitrogens is 4. The number of rotatable bonds is 7. The Bertz CT molecular complexity index is 1430. The van der Waals surface area contributed by atoms with Crippen LogP contribution in [0.1, 0.15) is 5.56 Å². The van der Waals surface area contributed by atoms with E-state index < -0.39 is 7.92 Å². The van der Waals surface area contributed by atoms with Crippen molar-refractivity contribution in [3.05, 3.63) is 52.9 Å². The summed E-state index contributed by atoms with van der Waals surface area (Å²) in [5.74, 6) is 1.88. The second-order valence-corrected chi connectivity index (χ2v) is 12.1. The summed E-state index contributed by atoms with van der Waals surface area (Å²) in [6, 6.07) is 8.21. The number of anilines is 5. The molecule has 1 aliphatic heterocycles. The molecule has 0 unspecified atom stereocenters. The van der Waals surface area contributed by atoms with Crippen LogP contribution >= 0.6 is 23.9 Å². The summed E-state index contributed by atoms with van der Waals surface area (Å²) in [7, 11) is 1.23. The molecule has 0 atom stereocenters. The predicted octanol–water partition coefficient (Wildman–Crippen LogP) is 4.76. The molecule has 1 aliphatic rings. The van der Waals surface area contributed by atoms with E-state index in [4.69, 9.17) is 9.72 Å². The van der Waals surface area contributed by atoms with Gasteiger partial charge in [-0.1, -0.05) is 7.92 Å². The van der Waals surface area contributed by atoms with Gasteiger partial charge in [0.05, 0.1) is 28.3 Å². The van der Waals surface area contributed by atoms with Crippen LogP contribution in [0.25, 0.3) is 11.0 Å². The van der Waals surface area contributed by atoms with E-state index in [1.54, 1.807) is 25.7 Å². The molecule has 9 nitrogen and oxygen atoms in total. The summed E-state index contributed by atoms with van der Waals surface area (Å²) in [6.07, 6.45) is 5.20. The number of fused-ring (bicyclic) bond motifs is 1. The van der Waals surface area contributed by atoms with Gasteiger partial charge >= 0.3 is 0 Å².